The molecule has 28 heavy (non-hydrogen) atoms. The molecule has 0 heterocycles. The predicted molar refractivity (Wildman–Crippen MR) is 89.3 cm³/mol. The van der Waals surface area contributed by atoms with Crippen molar-refractivity contribution in [1.82, 2.24) is 0 Å². The minimum absolute atomic E-state index is 0.0596. The van der Waals surface area contributed by atoms with E-state index in [-0.39, 0.29) is 21.4 Å². The molecule has 158 valence electrons. The smallest absolute Gasteiger partial charge is 0.461 e. The minimum Gasteiger partial charge on any atom is -0.507 e. The van der Waals surface area contributed by atoms with Gasteiger partial charge in [-0.2, -0.15) is 39.2 Å². The first kappa shape index (κ1) is 22.6. The largest absolute Gasteiger partial charge is 0.507 e. The number of hydrogen-bond acceptors (Lipinski definition) is 4. The lowest BCUT2D eigenvalue weighted by atomic mass is 10.1. The maximum absolute atomic E-state index is 13.7. The molecule has 1 N–H and O–H groups in total. The number of rotatable bonds is 5. The van der Waals surface area contributed by atoms with E-state index in [0.717, 1.165) is 24.6 Å². The minimum atomic E-state index is -6.87. The quantitative estimate of drug-likeness (QED) is 0.645. The van der Waals surface area contributed by atoms with Crippen molar-refractivity contribution in [1.29, 1.82) is 0 Å². The lowest BCUT2D eigenvalue weighted by molar-refractivity contribution is -0.333. The van der Waals surface area contributed by atoms with Crippen molar-refractivity contribution in [2.75, 3.05) is 12.5 Å². The van der Waals surface area contributed by atoms with Crippen LogP contribution in [0.4, 0.5) is 30.7 Å². The molecule has 0 unspecified atom stereocenters. The molecule has 2 aromatic carbocycles. The van der Waals surface area contributed by atoms with Crippen molar-refractivity contribution in [3.8, 4) is 5.75 Å². The van der Waals surface area contributed by atoms with Gasteiger partial charge in [-0.1, -0.05) is 34.6 Å². The summed E-state index contributed by atoms with van der Waals surface area (Å²) in [6.45, 7) is 0. The summed E-state index contributed by atoms with van der Waals surface area (Å²) in [5, 5.41) is 3.60. The molecule has 13 heteroatoms. The second-order valence-electron chi connectivity index (χ2n) is 5.97. The van der Waals surface area contributed by atoms with Gasteiger partial charge in [0.05, 0.1) is 0 Å². The maximum Gasteiger partial charge on any atom is 0.461 e. The van der Waals surface area contributed by atoms with Crippen LogP contribution in [-0.2, 0) is 13.7 Å². The highest BCUT2D eigenvalue weighted by Gasteiger charge is 2.79. The number of alkyl halides is 7. The number of halogens is 7. The maximum atomic E-state index is 13.7. The summed E-state index contributed by atoms with van der Waals surface area (Å²) in [5.41, 5.74) is 0. The van der Waals surface area contributed by atoms with Crippen LogP contribution < -0.4 is 0 Å². The van der Waals surface area contributed by atoms with Crippen molar-refractivity contribution < 1.29 is 47.9 Å². The van der Waals surface area contributed by atoms with Gasteiger partial charge in [-0.25, -0.2) is 3.63 Å². The summed E-state index contributed by atoms with van der Waals surface area (Å²) in [6, 6.07) is 7.95. The van der Waals surface area contributed by atoms with Gasteiger partial charge in [-0.15, -0.1) is 0 Å². The van der Waals surface area contributed by atoms with Gasteiger partial charge >= 0.3 is 27.5 Å². The zero-order valence-corrected chi connectivity index (χ0v) is 15.7. The Balaban J connectivity index is 2.56. The summed E-state index contributed by atoms with van der Waals surface area (Å²) in [6.07, 6.45) is -4.87. The lowest BCUT2D eigenvalue weighted by Crippen LogP contribution is -2.56. The van der Waals surface area contributed by atoms with Gasteiger partial charge in [0, 0.05) is 10.3 Å². The fraction of sp³-hybridized carbons (Fsp3) is 0.333. The van der Waals surface area contributed by atoms with Crippen molar-refractivity contribution in [2.24, 2.45) is 0 Å². The van der Waals surface area contributed by atoms with Gasteiger partial charge in [-0.3, -0.25) is 0 Å². The molecule has 0 aliphatic heterocycles. The number of phenolic OH excluding ortho intramolecular Hbond substituents is 1. The Hall–Kier alpha value is -1.73. The van der Waals surface area contributed by atoms with E-state index in [2.05, 4.69) is 3.63 Å². The number of aromatic hydroxyl groups is 1. The molecule has 0 amide bonds. The molecule has 0 bridgehead atoms. The molecular formula is C15H13F7O4S2. The van der Waals surface area contributed by atoms with Gasteiger partial charge in [0.2, 0.25) is 0 Å². The Bertz CT molecular complexity index is 1000. The first-order chi connectivity index (χ1) is 12.5. The topological polar surface area (TPSA) is 63.6 Å². The summed E-state index contributed by atoms with van der Waals surface area (Å²) >= 11 is 0. The van der Waals surface area contributed by atoms with Crippen LogP contribution in [0, 0.1) is 0 Å². The summed E-state index contributed by atoms with van der Waals surface area (Å²) in [7, 11) is -10.0. The molecule has 0 saturated carbocycles. The summed E-state index contributed by atoms with van der Waals surface area (Å²) in [4.78, 5) is -0.0596. The predicted octanol–water partition coefficient (Wildman–Crippen LogP) is 5.02. The normalized spacial score (nSPS) is 15.0. The molecule has 0 radical (unpaired) electrons. The fourth-order valence-electron chi connectivity index (χ4n) is 2.31. The number of fused-ring (bicyclic) bond motifs is 1. The van der Waals surface area contributed by atoms with Crippen LogP contribution in [0.3, 0.4) is 0 Å². The second kappa shape index (κ2) is 6.66. The van der Waals surface area contributed by atoms with E-state index in [1.165, 1.54) is 24.3 Å². The monoisotopic (exact) mass is 454 g/mol. The molecule has 4 nitrogen and oxygen atoms in total. The van der Waals surface area contributed by atoms with Crippen molar-refractivity contribution in [2.45, 2.75) is 22.2 Å². The molecular weight excluding hydrogens is 441 g/mol. The van der Waals surface area contributed by atoms with E-state index in [0.29, 0.717) is 0 Å². The molecule has 0 fully saturated rings. The Morgan fingerprint density at radius 2 is 1.36 bits per heavy atom. The van der Waals surface area contributed by atoms with Gasteiger partial charge in [-0.05, 0) is 30.0 Å². The van der Waals surface area contributed by atoms with Crippen LogP contribution in [0.1, 0.15) is 0 Å². The summed E-state index contributed by atoms with van der Waals surface area (Å²) < 4.78 is 118. The lowest BCUT2D eigenvalue weighted by Gasteiger charge is -2.34. The average molecular weight is 454 g/mol. The summed E-state index contributed by atoms with van der Waals surface area (Å²) in [5.74, 6) is -7.11. The first-order valence-corrected chi connectivity index (χ1v) is 11.0. The first-order valence-electron chi connectivity index (χ1n) is 7.18. The Morgan fingerprint density at radius 1 is 0.857 bits per heavy atom. The molecule has 0 spiro atoms. The number of hydrogen-bond donors (Lipinski definition) is 1. The molecule has 0 aliphatic rings. The molecule has 2 aromatic rings. The molecule has 0 aliphatic carbocycles. The van der Waals surface area contributed by atoms with Crippen molar-refractivity contribution in [3.05, 3.63) is 36.4 Å². The van der Waals surface area contributed by atoms with Crippen molar-refractivity contribution in [3.63, 3.8) is 0 Å². The zero-order valence-electron chi connectivity index (χ0n) is 14.1. The highest BCUT2D eigenvalue weighted by molar-refractivity contribution is 8.32. The highest BCUT2D eigenvalue weighted by Crippen LogP contribution is 2.58. The standard InChI is InChI=1S/C15H13F7O4S2/c1-27(2,12-8-7-11(23)9-5-3-4-6-10(9)12)26-28(24,25)15(21,22)13(16,17)14(18,19)20/h3-8,23H,1-2H3. The third-order valence-corrected chi connectivity index (χ3v) is 8.06. The van der Waals surface area contributed by atoms with E-state index in [4.69, 9.17) is 0 Å². The van der Waals surface area contributed by atoms with Crippen LogP contribution in [0.2, 0.25) is 0 Å². The van der Waals surface area contributed by atoms with Gasteiger partial charge < -0.3 is 5.11 Å². The molecule has 2 rings (SSSR count). The number of phenols is 1. The van der Waals surface area contributed by atoms with Crippen LogP contribution in [-0.4, -0.2) is 43.4 Å². The molecule has 0 aromatic heterocycles. The Labute approximate surface area is 156 Å². The van der Waals surface area contributed by atoms with E-state index < -0.39 is 37.8 Å². The Kier molecular flexibility index (Phi) is 5.37. The van der Waals surface area contributed by atoms with E-state index >= 15 is 0 Å². The highest BCUT2D eigenvalue weighted by atomic mass is 32.3. The van der Waals surface area contributed by atoms with Crippen LogP contribution in [0.5, 0.6) is 5.75 Å². The fourth-order valence-corrected chi connectivity index (χ4v) is 6.27. The average Bonchev–Trinajstić information content (AvgIpc) is 2.52. The molecule has 0 atom stereocenters. The third-order valence-electron chi connectivity index (χ3n) is 3.69. The Morgan fingerprint density at radius 3 is 1.86 bits per heavy atom. The zero-order chi connectivity index (χ0) is 21.8. The van der Waals surface area contributed by atoms with E-state index in [1.54, 1.807) is 0 Å². The van der Waals surface area contributed by atoms with Crippen LogP contribution >= 0.6 is 10.3 Å². The second-order valence-corrected chi connectivity index (χ2v) is 10.8. The van der Waals surface area contributed by atoms with Gasteiger partial charge in [0.25, 0.3) is 0 Å². The van der Waals surface area contributed by atoms with Gasteiger partial charge in [0.1, 0.15) is 5.75 Å². The van der Waals surface area contributed by atoms with Gasteiger partial charge in [0.15, 0.2) is 0 Å². The number of benzene rings is 2. The molecule has 0 saturated heterocycles. The van der Waals surface area contributed by atoms with Crippen LogP contribution in [0.25, 0.3) is 10.8 Å². The van der Waals surface area contributed by atoms with E-state index in [9.17, 15) is 44.3 Å². The SMILES string of the molecule is CS(C)(OS(=O)(=O)C(F)(F)C(F)(F)C(F)(F)F)c1ccc(O)c2ccccc12. The third kappa shape index (κ3) is 3.50. The van der Waals surface area contributed by atoms with E-state index in [1.807, 2.05) is 0 Å². The van der Waals surface area contributed by atoms with Crippen molar-refractivity contribution >= 4 is 31.2 Å². The van der Waals surface area contributed by atoms with Crippen LogP contribution in [0.15, 0.2) is 41.3 Å².